The summed E-state index contributed by atoms with van der Waals surface area (Å²) in [6, 6.07) is 10.1. The number of hydrogen-bond acceptors (Lipinski definition) is 6. The third kappa shape index (κ3) is 5.19. The summed E-state index contributed by atoms with van der Waals surface area (Å²) in [4.78, 5) is 24.2. The SMILES string of the molecule is CCOc1ccc(/C=C/C(=O)NNC(=O)c2ccc3c(c2)OCO3)cc1OCC. The van der Waals surface area contributed by atoms with Crippen molar-refractivity contribution in [2.75, 3.05) is 20.0 Å². The van der Waals surface area contributed by atoms with Crippen LogP contribution >= 0.6 is 0 Å². The Hall–Kier alpha value is -3.68. The van der Waals surface area contributed by atoms with Gasteiger partial charge in [0.25, 0.3) is 11.8 Å². The van der Waals surface area contributed by atoms with Crippen molar-refractivity contribution in [3.05, 3.63) is 53.6 Å². The van der Waals surface area contributed by atoms with Gasteiger partial charge in [-0.15, -0.1) is 0 Å². The van der Waals surface area contributed by atoms with E-state index in [1.165, 1.54) is 6.08 Å². The zero-order valence-corrected chi connectivity index (χ0v) is 16.2. The second-order valence-electron chi connectivity index (χ2n) is 5.92. The molecule has 0 aliphatic carbocycles. The van der Waals surface area contributed by atoms with E-state index in [4.69, 9.17) is 18.9 Å². The molecule has 1 aliphatic rings. The van der Waals surface area contributed by atoms with Crippen LogP contribution in [0.15, 0.2) is 42.5 Å². The largest absolute Gasteiger partial charge is 0.490 e. The number of fused-ring (bicyclic) bond motifs is 1. The summed E-state index contributed by atoms with van der Waals surface area (Å²) in [5.74, 6) is 1.37. The molecule has 0 atom stereocenters. The molecule has 0 unspecified atom stereocenters. The van der Waals surface area contributed by atoms with Crippen LogP contribution in [0.3, 0.4) is 0 Å². The van der Waals surface area contributed by atoms with E-state index in [9.17, 15) is 9.59 Å². The summed E-state index contributed by atoms with van der Waals surface area (Å²) < 4.78 is 21.5. The third-order valence-corrected chi connectivity index (χ3v) is 3.93. The molecule has 0 fully saturated rings. The number of carbonyl (C=O) groups is 2. The Bertz CT molecular complexity index is 925. The van der Waals surface area contributed by atoms with Crippen molar-refractivity contribution in [3.63, 3.8) is 0 Å². The predicted octanol–water partition coefficient (Wildman–Crippen LogP) is 2.69. The lowest BCUT2D eigenvalue weighted by atomic mass is 10.2. The van der Waals surface area contributed by atoms with E-state index in [0.29, 0.717) is 41.8 Å². The molecule has 2 aromatic rings. The van der Waals surface area contributed by atoms with Gasteiger partial charge in [-0.3, -0.25) is 20.4 Å². The van der Waals surface area contributed by atoms with Crippen molar-refractivity contribution >= 4 is 17.9 Å². The van der Waals surface area contributed by atoms with Crippen molar-refractivity contribution in [1.82, 2.24) is 10.9 Å². The quantitative estimate of drug-likeness (QED) is 0.550. The van der Waals surface area contributed by atoms with E-state index in [-0.39, 0.29) is 6.79 Å². The van der Waals surface area contributed by atoms with E-state index in [2.05, 4.69) is 10.9 Å². The summed E-state index contributed by atoms with van der Waals surface area (Å²) in [7, 11) is 0. The number of ether oxygens (including phenoxy) is 4. The van der Waals surface area contributed by atoms with Gasteiger partial charge >= 0.3 is 0 Å². The molecule has 2 N–H and O–H groups in total. The van der Waals surface area contributed by atoms with Crippen molar-refractivity contribution in [3.8, 4) is 23.0 Å². The molecule has 3 rings (SSSR count). The molecule has 8 heteroatoms. The molecule has 0 radical (unpaired) electrons. The monoisotopic (exact) mass is 398 g/mol. The van der Waals surface area contributed by atoms with E-state index >= 15 is 0 Å². The number of carbonyl (C=O) groups excluding carboxylic acids is 2. The zero-order chi connectivity index (χ0) is 20.6. The lowest BCUT2D eigenvalue weighted by Gasteiger charge is -2.11. The number of benzene rings is 2. The van der Waals surface area contributed by atoms with Gasteiger partial charge in [0.15, 0.2) is 23.0 Å². The lowest BCUT2D eigenvalue weighted by molar-refractivity contribution is -0.117. The molecular formula is C21H22N2O6. The van der Waals surface area contributed by atoms with Crippen LogP contribution < -0.4 is 29.8 Å². The van der Waals surface area contributed by atoms with E-state index in [1.807, 2.05) is 19.9 Å². The molecule has 1 heterocycles. The summed E-state index contributed by atoms with van der Waals surface area (Å²) in [6.07, 6.45) is 2.92. The van der Waals surface area contributed by atoms with Gasteiger partial charge in [0, 0.05) is 11.6 Å². The third-order valence-electron chi connectivity index (χ3n) is 3.93. The van der Waals surface area contributed by atoms with Crippen LogP contribution in [0.2, 0.25) is 0 Å². The Morgan fingerprint density at radius 3 is 2.52 bits per heavy atom. The maximum Gasteiger partial charge on any atom is 0.269 e. The van der Waals surface area contributed by atoms with Crippen LogP contribution in [-0.4, -0.2) is 31.8 Å². The van der Waals surface area contributed by atoms with Gasteiger partial charge < -0.3 is 18.9 Å². The summed E-state index contributed by atoms with van der Waals surface area (Å²) in [5, 5.41) is 0. The van der Waals surface area contributed by atoms with E-state index in [0.717, 1.165) is 5.56 Å². The number of hydrogen-bond donors (Lipinski definition) is 2. The fourth-order valence-corrected chi connectivity index (χ4v) is 2.61. The smallest absolute Gasteiger partial charge is 0.269 e. The highest BCUT2D eigenvalue weighted by Crippen LogP contribution is 2.32. The minimum absolute atomic E-state index is 0.124. The van der Waals surface area contributed by atoms with Crippen molar-refractivity contribution in [2.24, 2.45) is 0 Å². The second kappa shape index (κ2) is 9.50. The Kier molecular flexibility index (Phi) is 6.57. The van der Waals surface area contributed by atoms with Gasteiger partial charge in [0.05, 0.1) is 13.2 Å². The van der Waals surface area contributed by atoms with Crippen LogP contribution in [0, 0.1) is 0 Å². The highest BCUT2D eigenvalue weighted by atomic mass is 16.7. The minimum atomic E-state index is -0.481. The van der Waals surface area contributed by atoms with E-state index < -0.39 is 11.8 Å². The molecule has 2 amide bonds. The second-order valence-corrected chi connectivity index (χ2v) is 5.92. The molecule has 0 aromatic heterocycles. The Morgan fingerprint density at radius 1 is 0.966 bits per heavy atom. The average molecular weight is 398 g/mol. The normalized spacial score (nSPS) is 11.9. The van der Waals surface area contributed by atoms with Crippen LogP contribution in [0.5, 0.6) is 23.0 Å². The first kappa shape index (κ1) is 20.1. The molecule has 0 saturated heterocycles. The van der Waals surface area contributed by atoms with Gasteiger partial charge in [-0.2, -0.15) is 0 Å². The van der Waals surface area contributed by atoms with Gasteiger partial charge in [-0.1, -0.05) is 6.07 Å². The van der Waals surface area contributed by atoms with Gasteiger partial charge in [0.2, 0.25) is 6.79 Å². The molecule has 0 saturated carbocycles. The fraction of sp³-hybridized carbons (Fsp3) is 0.238. The molecule has 1 aliphatic heterocycles. The van der Waals surface area contributed by atoms with E-state index in [1.54, 1.807) is 36.4 Å². The zero-order valence-electron chi connectivity index (χ0n) is 16.2. The maximum atomic E-state index is 12.2. The topological polar surface area (TPSA) is 95.1 Å². The first-order chi connectivity index (χ1) is 14.1. The number of rotatable bonds is 7. The first-order valence-corrected chi connectivity index (χ1v) is 9.18. The van der Waals surface area contributed by atoms with Crippen molar-refractivity contribution in [1.29, 1.82) is 0 Å². The van der Waals surface area contributed by atoms with Crippen LogP contribution in [0.25, 0.3) is 6.08 Å². The van der Waals surface area contributed by atoms with Crippen LogP contribution in [-0.2, 0) is 4.79 Å². The number of nitrogens with one attached hydrogen (secondary N) is 2. The van der Waals surface area contributed by atoms with Crippen LogP contribution in [0.1, 0.15) is 29.8 Å². The Labute approximate surface area is 168 Å². The molecule has 8 nitrogen and oxygen atoms in total. The standard InChI is InChI=1S/C21H22N2O6/c1-3-26-16-8-5-14(11-18(16)27-4-2)6-10-20(24)22-23-21(25)15-7-9-17-19(12-15)29-13-28-17/h5-12H,3-4,13H2,1-2H3,(H,22,24)(H,23,25)/b10-6+. The van der Waals surface area contributed by atoms with Gasteiger partial charge in [-0.05, 0) is 55.8 Å². The minimum Gasteiger partial charge on any atom is -0.490 e. The molecule has 0 bridgehead atoms. The van der Waals surface area contributed by atoms with Gasteiger partial charge in [0.1, 0.15) is 0 Å². The summed E-state index contributed by atoms with van der Waals surface area (Å²) >= 11 is 0. The fourth-order valence-electron chi connectivity index (χ4n) is 2.61. The summed E-state index contributed by atoms with van der Waals surface area (Å²) in [6.45, 7) is 4.93. The Morgan fingerprint density at radius 2 is 1.72 bits per heavy atom. The highest BCUT2D eigenvalue weighted by Gasteiger charge is 2.16. The van der Waals surface area contributed by atoms with Crippen molar-refractivity contribution < 1.29 is 28.5 Å². The van der Waals surface area contributed by atoms with Gasteiger partial charge in [-0.25, -0.2) is 0 Å². The number of hydrazine groups is 1. The number of amides is 2. The summed E-state index contributed by atoms with van der Waals surface area (Å²) in [5.41, 5.74) is 5.79. The molecule has 152 valence electrons. The first-order valence-electron chi connectivity index (χ1n) is 9.18. The average Bonchev–Trinajstić information content (AvgIpc) is 3.20. The lowest BCUT2D eigenvalue weighted by Crippen LogP contribution is -2.40. The Balaban J connectivity index is 1.56. The molecule has 29 heavy (non-hydrogen) atoms. The molecule has 0 spiro atoms. The van der Waals surface area contributed by atoms with Crippen LogP contribution in [0.4, 0.5) is 0 Å². The predicted molar refractivity (Wildman–Crippen MR) is 106 cm³/mol. The molecule has 2 aromatic carbocycles. The highest BCUT2D eigenvalue weighted by molar-refractivity contribution is 5.98. The molecular weight excluding hydrogens is 376 g/mol. The van der Waals surface area contributed by atoms with Crippen molar-refractivity contribution in [2.45, 2.75) is 13.8 Å². The maximum absolute atomic E-state index is 12.2.